The minimum Gasteiger partial charge on any atom is -0.489 e. The molecule has 0 aliphatic heterocycles. The summed E-state index contributed by atoms with van der Waals surface area (Å²) in [5.41, 5.74) is 4.39. The molecular formula is C18H16ClN5O2. The van der Waals surface area contributed by atoms with E-state index in [2.05, 4.69) is 25.7 Å². The fourth-order valence-electron chi connectivity index (χ4n) is 2.04. The van der Waals surface area contributed by atoms with Gasteiger partial charge in [-0.2, -0.15) is 5.10 Å². The number of H-pyrrole nitrogens is 1. The van der Waals surface area contributed by atoms with Crippen molar-refractivity contribution in [2.45, 2.75) is 13.5 Å². The number of aromatic nitrogens is 3. The molecule has 3 rings (SSSR count). The molecule has 0 saturated heterocycles. The Kier molecular flexibility index (Phi) is 5.60. The van der Waals surface area contributed by atoms with E-state index in [0.29, 0.717) is 17.3 Å². The van der Waals surface area contributed by atoms with Crippen LogP contribution in [0.5, 0.6) is 5.75 Å². The van der Waals surface area contributed by atoms with E-state index in [1.807, 2.05) is 48.5 Å². The average Bonchev–Trinajstić information content (AvgIpc) is 2.65. The summed E-state index contributed by atoms with van der Waals surface area (Å²) in [5, 5.41) is 12.2. The Balaban J connectivity index is 1.56. The third-order valence-electron chi connectivity index (χ3n) is 3.48. The highest BCUT2D eigenvalue weighted by Gasteiger charge is 2.01. The zero-order chi connectivity index (χ0) is 18.4. The standard InChI is InChI=1S/C18H16ClN5O2/c1-12-17(25)21-18(24-22-12)23-20-10-13-6-8-15(9-7-13)26-11-14-4-2-3-5-16(14)19/h2-10H,11H2,1H3,(H2,21,23,24,25)/b20-10+. The number of halogens is 1. The molecule has 0 aliphatic rings. The predicted octanol–water partition coefficient (Wildman–Crippen LogP) is 3.15. The summed E-state index contributed by atoms with van der Waals surface area (Å²) in [4.78, 5) is 13.9. The molecule has 7 nitrogen and oxygen atoms in total. The summed E-state index contributed by atoms with van der Waals surface area (Å²) in [7, 11) is 0. The first-order valence-corrected chi connectivity index (χ1v) is 8.18. The van der Waals surface area contributed by atoms with E-state index in [1.165, 1.54) is 0 Å². The molecule has 0 radical (unpaired) electrons. The number of rotatable bonds is 6. The number of ether oxygens (including phenoxy) is 1. The maximum atomic E-state index is 11.4. The number of hydrogen-bond acceptors (Lipinski definition) is 6. The van der Waals surface area contributed by atoms with Gasteiger partial charge in [0, 0.05) is 10.6 Å². The molecule has 1 aromatic heterocycles. The van der Waals surface area contributed by atoms with Crippen LogP contribution in [0.15, 0.2) is 58.4 Å². The first-order valence-electron chi connectivity index (χ1n) is 7.81. The molecule has 3 aromatic rings. The summed E-state index contributed by atoms with van der Waals surface area (Å²) in [6.07, 6.45) is 1.59. The molecule has 2 aromatic carbocycles. The second-order valence-corrected chi connectivity index (χ2v) is 5.81. The third kappa shape index (κ3) is 4.67. The monoisotopic (exact) mass is 369 g/mol. The third-order valence-corrected chi connectivity index (χ3v) is 3.85. The molecular weight excluding hydrogens is 354 g/mol. The van der Waals surface area contributed by atoms with Gasteiger partial charge in [0.05, 0.1) is 6.21 Å². The topological polar surface area (TPSA) is 92.3 Å². The lowest BCUT2D eigenvalue weighted by atomic mass is 10.2. The predicted molar refractivity (Wildman–Crippen MR) is 101 cm³/mol. The number of aromatic amines is 1. The summed E-state index contributed by atoms with van der Waals surface area (Å²) >= 11 is 6.11. The van der Waals surface area contributed by atoms with Crippen LogP contribution in [-0.4, -0.2) is 21.4 Å². The SMILES string of the molecule is Cc1nnc(N/N=C/c2ccc(OCc3ccccc3Cl)cc2)[nH]c1=O. The highest BCUT2D eigenvalue weighted by molar-refractivity contribution is 6.31. The molecule has 2 N–H and O–H groups in total. The number of nitrogens with one attached hydrogen (secondary N) is 2. The van der Waals surface area contributed by atoms with Gasteiger partial charge in [0.25, 0.3) is 5.56 Å². The normalized spacial score (nSPS) is 10.8. The second-order valence-electron chi connectivity index (χ2n) is 5.41. The van der Waals surface area contributed by atoms with Crippen LogP contribution in [0.25, 0.3) is 0 Å². The smallest absolute Gasteiger partial charge is 0.274 e. The number of benzene rings is 2. The number of hydrogen-bond donors (Lipinski definition) is 2. The summed E-state index contributed by atoms with van der Waals surface area (Å²) in [6, 6.07) is 14.9. The Bertz CT molecular complexity index is 970. The number of nitrogens with zero attached hydrogens (tertiary/aromatic N) is 3. The zero-order valence-electron chi connectivity index (χ0n) is 13.9. The van der Waals surface area contributed by atoms with E-state index in [-0.39, 0.29) is 11.5 Å². The van der Waals surface area contributed by atoms with Crippen molar-refractivity contribution in [2.75, 3.05) is 5.43 Å². The van der Waals surface area contributed by atoms with Gasteiger partial charge in [0.2, 0.25) is 5.95 Å². The van der Waals surface area contributed by atoms with Gasteiger partial charge in [-0.25, -0.2) is 5.43 Å². The van der Waals surface area contributed by atoms with Crippen molar-refractivity contribution in [1.82, 2.24) is 15.2 Å². The molecule has 0 aliphatic carbocycles. The quantitative estimate of drug-likeness (QED) is 0.514. The maximum Gasteiger partial charge on any atom is 0.274 e. The van der Waals surface area contributed by atoms with E-state index in [0.717, 1.165) is 16.9 Å². The van der Waals surface area contributed by atoms with Crippen molar-refractivity contribution in [3.63, 3.8) is 0 Å². The molecule has 132 valence electrons. The van der Waals surface area contributed by atoms with Crippen LogP contribution >= 0.6 is 11.6 Å². The first kappa shape index (κ1) is 17.6. The van der Waals surface area contributed by atoms with E-state index < -0.39 is 0 Å². The maximum absolute atomic E-state index is 11.4. The number of hydrazone groups is 1. The number of aryl methyl sites for hydroxylation is 1. The lowest BCUT2D eigenvalue weighted by molar-refractivity contribution is 0.306. The van der Waals surface area contributed by atoms with Gasteiger partial charge in [-0.15, -0.1) is 10.2 Å². The minimum atomic E-state index is -0.308. The van der Waals surface area contributed by atoms with E-state index >= 15 is 0 Å². The minimum absolute atomic E-state index is 0.177. The fraction of sp³-hybridized carbons (Fsp3) is 0.111. The van der Waals surface area contributed by atoms with Crippen molar-refractivity contribution in [1.29, 1.82) is 0 Å². The van der Waals surface area contributed by atoms with Crippen LogP contribution in [0.3, 0.4) is 0 Å². The van der Waals surface area contributed by atoms with Gasteiger partial charge < -0.3 is 4.74 Å². The van der Waals surface area contributed by atoms with Crippen molar-refractivity contribution in [3.8, 4) is 5.75 Å². The Morgan fingerprint density at radius 1 is 1.19 bits per heavy atom. The van der Waals surface area contributed by atoms with Crippen LogP contribution < -0.4 is 15.7 Å². The lowest BCUT2D eigenvalue weighted by Crippen LogP contribution is -2.15. The van der Waals surface area contributed by atoms with Crippen molar-refractivity contribution in [3.05, 3.63) is 80.7 Å². The summed E-state index contributed by atoms with van der Waals surface area (Å²) in [6.45, 7) is 1.97. The first-order chi connectivity index (χ1) is 12.6. The van der Waals surface area contributed by atoms with E-state index in [4.69, 9.17) is 16.3 Å². The molecule has 0 atom stereocenters. The van der Waals surface area contributed by atoms with Crippen molar-refractivity contribution < 1.29 is 4.74 Å². The van der Waals surface area contributed by atoms with E-state index in [1.54, 1.807) is 13.1 Å². The molecule has 0 saturated carbocycles. The molecule has 0 spiro atoms. The van der Waals surface area contributed by atoms with Gasteiger partial charge in [-0.1, -0.05) is 29.8 Å². The average molecular weight is 370 g/mol. The van der Waals surface area contributed by atoms with Crippen LogP contribution in [0.1, 0.15) is 16.8 Å². The summed E-state index contributed by atoms with van der Waals surface area (Å²) in [5.74, 6) is 0.903. The highest BCUT2D eigenvalue weighted by Crippen LogP contribution is 2.18. The van der Waals surface area contributed by atoms with Gasteiger partial charge in [0.1, 0.15) is 18.1 Å². The summed E-state index contributed by atoms with van der Waals surface area (Å²) < 4.78 is 5.72. The van der Waals surface area contributed by atoms with Crippen LogP contribution in [0.4, 0.5) is 5.95 Å². The Hall–Kier alpha value is -3.19. The van der Waals surface area contributed by atoms with Gasteiger partial charge in [-0.3, -0.25) is 9.78 Å². The van der Waals surface area contributed by atoms with Gasteiger partial charge in [0.15, 0.2) is 0 Å². The van der Waals surface area contributed by atoms with E-state index in [9.17, 15) is 4.79 Å². The molecule has 0 amide bonds. The van der Waals surface area contributed by atoms with Crippen molar-refractivity contribution >= 4 is 23.8 Å². The van der Waals surface area contributed by atoms with Crippen molar-refractivity contribution in [2.24, 2.45) is 5.10 Å². The fourth-order valence-corrected chi connectivity index (χ4v) is 2.23. The zero-order valence-corrected chi connectivity index (χ0v) is 14.7. The Morgan fingerprint density at radius 3 is 2.69 bits per heavy atom. The molecule has 1 heterocycles. The van der Waals surface area contributed by atoms with Crippen LogP contribution in [0, 0.1) is 6.92 Å². The molecule has 0 fully saturated rings. The molecule has 0 bridgehead atoms. The molecule has 8 heteroatoms. The number of anilines is 1. The van der Waals surface area contributed by atoms with Crippen LogP contribution in [-0.2, 0) is 6.61 Å². The largest absolute Gasteiger partial charge is 0.489 e. The highest BCUT2D eigenvalue weighted by atomic mass is 35.5. The molecule has 26 heavy (non-hydrogen) atoms. The lowest BCUT2D eigenvalue weighted by Gasteiger charge is -2.07. The van der Waals surface area contributed by atoms with Crippen LogP contribution in [0.2, 0.25) is 5.02 Å². The molecule has 0 unspecified atom stereocenters. The Morgan fingerprint density at radius 2 is 1.96 bits per heavy atom. The van der Waals surface area contributed by atoms with Gasteiger partial charge >= 0.3 is 0 Å². The Labute approximate surface area is 154 Å². The second kappa shape index (κ2) is 8.26. The van der Waals surface area contributed by atoms with Gasteiger partial charge in [-0.05, 0) is 42.8 Å².